The van der Waals surface area contributed by atoms with E-state index < -0.39 is 0 Å². The van der Waals surface area contributed by atoms with E-state index in [-0.39, 0.29) is 12.0 Å². The first-order valence-electron chi connectivity index (χ1n) is 6.24. The molecule has 1 saturated heterocycles. The van der Waals surface area contributed by atoms with Gasteiger partial charge < -0.3 is 9.52 Å². The van der Waals surface area contributed by atoms with E-state index in [1.165, 1.54) is 0 Å². The van der Waals surface area contributed by atoms with Gasteiger partial charge in [-0.25, -0.2) is 0 Å². The molecule has 0 aromatic carbocycles. The molecule has 17 heavy (non-hydrogen) atoms. The SMILES string of the molecule is C=CCC1(CO)CCCN(Cc2ccco2)C1. The molecule has 1 aromatic rings. The number of likely N-dealkylation sites (tertiary alicyclic amines) is 1. The predicted molar refractivity (Wildman–Crippen MR) is 67.6 cm³/mol. The number of nitrogens with zero attached hydrogens (tertiary/aromatic N) is 1. The van der Waals surface area contributed by atoms with Crippen molar-refractivity contribution in [3.63, 3.8) is 0 Å². The van der Waals surface area contributed by atoms with Gasteiger partial charge in [-0.15, -0.1) is 6.58 Å². The first-order valence-corrected chi connectivity index (χ1v) is 6.24. The Kier molecular flexibility index (Phi) is 4.02. The van der Waals surface area contributed by atoms with Crippen LogP contribution in [-0.4, -0.2) is 29.7 Å². The van der Waals surface area contributed by atoms with Gasteiger partial charge in [0.1, 0.15) is 5.76 Å². The van der Waals surface area contributed by atoms with Crippen LogP contribution in [0.2, 0.25) is 0 Å². The molecule has 1 aromatic heterocycles. The van der Waals surface area contributed by atoms with Gasteiger partial charge in [0.2, 0.25) is 0 Å². The number of aliphatic hydroxyl groups is 1. The van der Waals surface area contributed by atoms with Gasteiger partial charge in [0.05, 0.1) is 19.4 Å². The molecule has 1 aliphatic heterocycles. The van der Waals surface area contributed by atoms with Crippen LogP contribution in [-0.2, 0) is 6.54 Å². The minimum absolute atomic E-state index is 0.00654. The molecular formula is C14H21NO2. The third kappa shape index (κ3) is 2.99. The van der Waals surface area contributed by atoms with E-state index >= 15 is 0 Å². The Labute approximate surface area is 103 Å². The molecule has 0 saturated carbocycles. The first-order chi connectivity index (χ1) is 8.28. The second kappa shape index (κ2) is 5.52. The Hall–Kier alpha value is -1.06. The van der Waals surface area contributed by atoms with E-state index in [9.17, 15) is 5.11 Å². The van der Waals surface area contributed by atoms with Crippen LogP contribution >= 0.6 is 0 Å². The molecule has 0 bridgehead atoms. The van der Waals surface area contributed by atoms with Crippen LogP contribution in [0, 0.1) is 5.41 Å². The fourth-order valence-electron chi connectivity index (χ4n) is 2.73. The molecule has 3 nitrogen and oxygen atoms in total. The zero-order valence-electron chi connectivity index (χ0n) is 10.3. The molecule has 0 amide bonds. The summed E-state index contributed by atoms with van der Waals surface area (Å²) in [5.74, 6) is 0.998. The van der Waals surface area contributed by atoms with E-state index in [0.29, 0.717) is 0 Å². The number of piperidine rings is 1. The summed E-state index contributed by atoms with van der Waals surface area (Å²) in [5.41, 5.74) is 0.00654. The molecule has 2 heterocycles. The topological polar surface area (TPSA) is 36.6 Å². The lowest BCUT2D eigenvalue weighted by molar-refractivity contribution is 0.0282. The van der Waals surface area contributed by atoms with Crippen molar-refractivity contribution in [1.29, 1.82) is 0 Å². The molecule has 1 atom stereocenters. The lowest BCUT2D eigenvalue weighted by Gasteiger charge is -2.41. The lowest BCUT2D eigenvalue weighted by Crippen LogP contribution is -2.44. The summed E-state index contributed by atoms with van der Waals surface area (Å²) in [6.45, 7) is 6.89. The van der Waals surface area contributed by atoms with Crippen LogP contribution in [0.5, 0.6) is 0 Å². The van der Waals surface area contributed by atoms with Crippen molar-refractivity contribution in [1.82, 2.24) is 4.90 Å². The van der Waals surface area contributed by atoms with Crippen molar-refractivity contribution in [2.24, 2.45) is 5.41 Å². The van der Waals surface area contributed by atoms with Crippen LogP contribution in [0.15, 0.2) is 35.5 Å². The molecule has 1 unspecified atom stereocenters. The summed E-state index contributed by atoms with van der Waals surface area (Å²) in [4.78, 5) is 2.36. The molecular weight excluding hydrogens is 214 g/mol. The average Bonchev–Trinajstić information content (AvgIpc) is 2.83. The molecule has 0 radical (unpaired) electrons. The Morgan fingerprint density at radius 2 is 2.47 bits per heavy atom. The summed E-state index contributed by atoms with van der Waals surface area (Å²) in [5, 5.41) is 9.62. The molecule has 1 N–H and O–H groups in total. The van der Waals surface area contributed by atoms with Crippen LogP contribution < -0.4 is 0 Å². The molecule has 94 valence electrons. The van der Waals surface area contributed by atoms with Gasteiger partial charge in [0.25, 0.3) is 0 Å². The number of hydrogen-bond acceptors (Lipinski definition) is 3. The van der Waals surface area contributed by atoms with Crippen LogP contribution in [0.1, 0.15) is 25.0 Å². The van der Waals surface area contributed by atoms with Gasteiger partial charge >= 0.3 is 0 Å². The second-order valence-corrected chi connectivity index (χ2v) is 5.04. The normalized spacial score (nSPS) is 25.9. The molecule has 1 fully saturated rings. The van der Waals surface area contributed by atoms with Crippen molar-refractivity contribution in [2.75, 3.05) is 19.7 Å². The van der Waals surface area contributed by atoms with E-state index in [2.05, 4.69) is 11.5 Å². The van der Waals surface area contributed by atoms with Crippen LogP contribution in [0.4, 0.5) is 0 Å². The number of rotatable bonds is 5. The summed E-state index contributed by atoms with van der Waals surface area (Å²) in [6, 6.07) is 3.92. The van der Waals surface area contributed by atoms with Gasteiger partial charge in [-0.05, 0) is 37.9 Å². The summed E-state index contributed by atoms with van der Waals surface area (Å²) >= 11 is 0. The van der Waals surface area contributed by atoms with E-state index in [1.807, 2.05) is 18.2 Å². The van der Waals surface area contributed by atoms with E-state index in [4.69, 9.17) is 4.42 Å². The van der Waals surface area contributed by atoms with Crippen molar-refractivity contribution < 1.29 is 9.52 Å². The molecule has 0 aliphatic carbocycles. The highest BCUT2D eigenvalue weighted by Crippen LogP contribution is 2.33. The maximum absolute atomic E-state index is 9.62. The van der Waals surface area contributed by atoms with Crippen molar-refractivity contribution >= 4 is 0 Å². The molecule has 2 rings (SSSR count). The zero-order valence-corrected chi connectivity index (χ0v) is 10.3. The number of furan rings is 1. The van der Waals surface area contributed by atoms with Crippen LogP contribution in [0.25, 0.3) is 0 Å². The summed E-state index contributed by atoms with van der Waals surface area (Å²) in [6.07, 6.45) is 6.74. The van der Waals surface area contributed by atoms with Crippen LogP contribution in [0.3, 0.4) is 0 Å². The van der Waals surface area contributed by atoms with Gasteiger partial charge in [-0.1, -0.05) is 6.08 Å². The Bertz CT molecular complexity index is 347. The average molecular weight is 235 g/mol. The van der Waals surface area contributed by atoms with Gasteiger partial charge in [0, 0.05) is 12.0 Å². The van der Waals surface area contributed by atoms with Gasteiger partial charge in [-0.2, -0.15) is 0 Å². The number of allylic oxidation sites excluding steroid dienone is 1. The Morgan fingerprint density at radius 1 is 1.59 bits per heavy atom. The maximum atomic E-state index is 9.62. The monoisotopic (exact) mass is 235 g/mol. The third-order valence-electron chi connectivity index (χ3n) is 3.61. The highest BCUT2D eigenvalue weighted by atomic mass is 16.3. The quantitative estimate of drug-likeness (QED) is 0.796. The van der Waals surface area contributed by atoms with Gasteiger partial charge in [-0.3, -0.25) is 4.90 Å². The Balaban J connectivity index is 1.98. The molecule has 1 aliphatic rings. The third-order valence-corrected chi connectivity index (χ3v) is 3.61. The largest absolute Gasteiger partial charge is 0.468 e. The highest BCUT2D eigenvalue weighted by molar-refractivity contribution is 4.99. The molecule has 3 heteroatoms. The predicted octanol–water partition coefficient (Wildman–Crippen LogP) is 2.43. The number of hydrogen-bond donors (Lipinski definition) is 1. The first kappa shape index (κ1) is 12.4. The molecule has 0 spiro atoms. The smallest absolute Gasteiger partial charge is 0.117 e. The summed E-state index contributed by atoms with van der Waals surface area (Å²) < 4.78 is 5.37. The zero-order chi connectivity index (χ0) is 12.1. The fourth-order valence-corrected chi connectivity index (χ4v) is 2.73. The van der Waals surface area contributed by atoms with Gasteiger partial charge in [0.15, 0.2) is 0 Å². The second-order valence-electron chi connectivity index (χ2n) is 5.04. The van der Waals surface area contributed by atoms with Crippen molar-refractivity contribution in [2.45, 2.75) is 25.8 Å². The van der Waals surface area contributed by atoms with Crippen molar-refractivity contribution in [3.05, 3.63) is 36.8 Å². The van der Waals surface area contributed by atoms with Crippen molar-refractivity contribution in [3.8, 4) is 0 Å². The van der Waals surface area contributed by atoms with E-state index in [1.54, 1.807) is 6.26 Å². The maximum Gasteiger partial charge on any atom is 0.117 e. The standard InChI is InChI=1S/C14H21NO2/c1-2-6-14(12-16)7-4-8-15(11-14)10-13-5-3-9-17-13/h2-3,5,9,16H,1,4,6-8,10-12H2. The minimum Gasteiger partial charge on any atom is -0.468 e. The fraction of sp³-hybridized carbons (Fsp3) is 0.571. The van der Waals surface area contributed by atoms with E-state index in [0.717, 1.165) is 44.7 Å². The highest BCUT2D eigenvalue weighted by Gasteiger charge is 2.33. The lowest BCUT2D eigenvalue weighted by atomic mass is 9.78. The summed E-state index contributed by atoms with van der Waals surface area (Å²) in [7, 11) is 0. The minimum atomic E-state index is 0.00654. The Morgan fingerprint density at radius 3 is 3.12 bits per heavy atom. The number of aliphatic hydroxyl groups excluding tert-OH is 1.